The van der Waals surface area contributed by atoms with Gasteiger partial charge in [0.1, 0.15) is 5.78 Å². The lowest BCUT2D eigenvalue weighted by atomic mass is 9.95. The lowest BCUT2D eigenvalue weighted by Crippen LogP contribution is -2.08. The van der Waals surface area contributed by atoms with E-state index < -0.39 is 0 Å². The maximum atomic E-state index is 12.1. The molecule has 3 atom stereocenters. The van der Waals surface area contributed by atoms with Crippen molar-refractivity contribution >= 4 is 5.78 Å². The molecule has 2 fully saturated rings. The number of carbonyl (C=O) groups is 1. The van der Waals surface area contributed by atoms with Gasteiger partial charge in [-0.2, -0.15) is 0 Å². The first-order valence-corrected chi connectivity index (χ1v) is 8.30. The van der Waals surface area contributed by atoms with Crippen molar-refractivity contribution in [3.63, 3.8) is 0 Å². The second-order valence-corrected chi connectivity index (χ2v) is 6.78. The van der Waals surface area contributed by atoms with E-state index in [9.17, 15) is 4.79 Å². The Hall–Kier alpha value is -0.330. The van der Waals surface area contributed by atoms with Crippen LogP contribution >= 0.6 is 0 Å². The average Bonchev–Trinajstić information content (AvgIpc) is 3.10. The average molecular weight is 250 g/mol. The number of fused-ring (bicyclic) bond motifs is 1. The van der Waals surface area contributed by atoms with Crippen molar-refractivity contribution in [1.29, 1.82) is 0 Å². The van der Waals surface area contributed by atoms with Crippen LogP contribution in [0.5, 0.6) is 0 Å². The third-order valence-electron chi connectivity index (χ3n) is 4.91. The van der Waals surface area contributed by atoms with E-state index in [4.69, 9.17) is 0 Å². The van der Waals surface area contributed by atoms with E-state index in [0.717, 1.165) is 12.3 Å². The molecule has 1 heteroatoms. The number of hydrogen-bond donors (Lipinski definition) is 0. The van der Waals surface area contributed by atoms with E-state index in [1.165, 1.54) is 70.6 Å². The van der Waals surface area contributed by atoms with Crippen LogP contribution in [-0.4, -0.2) is 5.78 Å². The first-order valence-electron chi connectivity index (χ1n) is 8.30. The van der Waals surface area contributed by atoms with Crippen LogP contribution in [0.3, 0.4) is 0 Å². The number of hydrogen-bond acceptors (Lipinski definition) is 1. The van der Waals surface area contributed by atoms with Crippen molar-refractivity contribution in [2.75, 3.05) is 0 Å². The van der Waals surface area contributed by atoms with Gasteiger partial charge in [-0.3, -0.25) is 4.79 Å². The highest BCUT2D eigenvalue weighted by molar-refractivity contribution is 5.83. The van der Waals surface area contributed by atoms with Crippen molar-refractivity contribution in [3.8, 4) is 0 Å². The van der Waals surface area contributed by atoms with E-state index in [1.807, 2.05) is 0 Å². The zero-order valence-electron chi connectivity index (χ0n) is 12.1. The molecule has 0 aromatic heterocycles. The fourth-order valence-electron chi connectivity index (χ4n) is 3.52. The van der Waals surface area contributed by atoms with Gasteiger partial charge < -0.3 is 0 Å². The Morgan fingerprint density at radius 3 is 2.06 bits per heavy atom. The van der Waals surface area contributed by atoms with Crippen LogP contribution in [0.15, 0.2) is 0 Å². The van der Waals surface area contributed by atoms with Crippen LogP contribution in [0.4, 0.5) is 0 Å². The largest absolute Gasteiger partial charge is 0.299 e. The van der Waals surface area contributed by atoms with E-state index in [1.54, 1.807) is 0 Å². The van der Waals surface area contributed by atoms with Crippen LogP contribution in [0.1, 0.15) is 84.0 Å². The molecule has 0 aliphatic heterocycles. The topological polar surface area (TPSA) is 17.1 Å². The van der Waals surface area contributed by atoms with Gasteiger partial charge in [-0.15, -0.1) is 0 Å². The zero-order valence-corrected chi connectivity index (χ0v) is 12.1. The monoisotopic (exact) mass is 250 g/mol. The van der Waals surface area contributed by atoms with Crippen molar-refractivity contribution in [2.24, 2.45) is 17.8 Å². The molecule has 0 N–H and O–H groups in total. The Morgan fingerprint density at radius 1 is 0.833 bits per heavy atom. The molecule has 18 heavy (non-hydrogen) atoms. The highest BCUT2D eigenvalue weighted by atomic mass is 16.1. The Labute approximate surface area is 113 Å². The van der Waals surface area contributed by atoms with Crippen molar-refractivity contribution < 1.29 is 4.79 Å². The molecule has 0 saturated heterocycles. The van der Waals surface area contributed by atoms with Crippen LogP contribution in [0.2, 0.25) is 0 Å². The van der Waals surface area contributed by atoms with Crippen molar-refractivity contribution in [2.45, 2.75) is 84.0 Å². The fourth-order valence-corrected chi connectivity index (χ4v) is 3.52. The summed E-state index contributed by atoms with van der Waals surface area (Å²) in [5.41, 5.74) is 0. The maximum Gasteiger partial charge on any atom is 0.136 e. The molecule has 0 bridgehead atoms. The molecule has 0 spiro atoms. The molecule has 0 unspecified atom stereocenters. The normalized spacial score (nSPS) is 36.3. The maximum absolute atomic E-state index is 12.1. The Kier molecular flexibility index (Phi) is 5.72. The molecule has 1 nitrogen and oxygen atoms in total. The summed E-state index contributed by atoms with van der Waals surface area (Å²) in [5, 5.41) is 0. The summed E-state index contributed by atoms with van der Waals surface area (Å²) in [6.45, 7) is 2.27. The van der Waals surface area contributed by atoms with E-state index >= 15 is 0 Å². The molecule has 2 rings (SSSR count). The summed E-state index contributed by atoms with van der Waals surface area (Å²) >= 11 is 0. The molecule has 0 amide bonds. The minimum Gasteiger partial charge on any atom is -0.299 e. The predicted octanol–water partition coefficient (Wildman–Crippen LogP) is 5.13. The molecule has 104 valence electrons. The van der Waals surface area contributed by atoms with E-state index in [2.05, 4.69) is 6.92 Å². The Balaban J connectivity index is 1.75. The number of rotatable bonds is 0. The quantitative estimate of drug-likeness (QED) is 0.582. The van der Waals surface area contributed by atoms with Crippen LogP contribution in [0.25, 0.3) is 0 Å². The molecule has 2 saturated carbocycles. The highest BCUT2D eigenvalue weighted by Crippen LogP contribution is 2.44. The first-order chi connectivity index (χ1) is 8.77. The van der Waals surface area contributed by atoms with Gasteiger partial charge in [0, 0.05) is 12.3 Å². The van der Waals surface area contributed by atoms with Crippen molar-refractivity contribution in [3.05, 3.63) is 0 Å². The number of Topliss-reactive ketones (excluding diaryl/α,β-unsaturated/α-hetero) is 1. The third-order valence-corrected chi connectivity index (χ3v) is 4.91. The Bertz CT molecular complexity index is 256. The molecule has 0 aromatic rings. The smallest absolute Gasteiger partial charge is 0.136 e. The number of carbonyl (C=O) groups excluding carboxylic acids is 1. The second kappa shape index (κ2) is 7.31. The second-order valence-electron chi connectivity index (χ2n) is 6.78. The number of ketones is 1. The lowest BCUT2D eigenvalue weighted by Gasteiger charge is -2.10. The minimum absolute atomic E-state index is 0.470. The van der Waals surface area contributed by atoms with Gasteiger partial charge in [0.05, 0.1) is 0 Å². The summed E-state index contributed by atoms with van der Waals surface area (Å²) in [4.78, 5) is 12.1. The Morgan fingerprint density at radius 2 is 1.39 bits per heavy atom. The van der Waals surface area contributed by atoms with Crippen molar-refractivity contribution in [1.82, 2.24) is 0 Å². The van der Waals surface area contributed by atoms with Crippen LogP contribution in [0, 0.1) is 17.8 Å². The first kappa shape index (κ1) is 14.1. The molecule has 2 aliphatic rings. The van der Waals surface area contributed by atoms with Crippen LogP contribution < -0.4 is 0 Å². The van der Waals surface area contributed by atoms with Gasteiger partial charge in [0.25, 0.3) is 0 Å². The summed E-state index contributed by atoms with van der Waals surface area (Å²) < 4.78 is 0. The molecular formula is C17H30O. The van der Waals surface area contributed by atoms with Gasteiger partial charge in [-0.1, -0.05) is 64.7 Å². The molecular weight excluding hydrogens is 220 g/mol. The summed E-state index contributed by atoms with van der Waals surface area (Å²) in [6, 6.07) is 0. The van der Waals surface area contributed by atoms with Gasteiger partial charge >= 0.3 is 0 Å². The lowest BCUT2D eigenvalue weighted by molar-refractivity contribution is -0.121. The SMILES string of the molecule is C[C@@H]1CCCCCCCCCC[C@H]2C[C@@H]2C(=O)C1. The standard InChI is InChI=1S/C17H30O/c1-14-10-8-6-4-2-3-5-7-9-11-15-13-16(15)17(18)12-14/h14-16H,2-13H2,1H3/t14-,15+,16+/m1/s1. The third kappa shape index (κ3) is 4.74. The van der Waals surface area contributed by atoms with Gasteiger partial charge in [-0.25, -0.2) is 0 Å². The summed E-state index contributed by atoms with van der Waals surface area (Å²) in [6.07, 6.45) is 15.8. The zero-order chi connectivity index (χ0) is 12.8. The van der Waals surface area contributed by atoms with Gasteiger partial charge in [0.15, 0.2) is 0 Å². The summed E-state index contributed by atoms with van der Waals surface area (Å²) in [7, 11) is 0. The predicted molar refractivity (Wildman–Crippen MR) is 76.6 cm³/mol. The van der Waals surface area contributed by atoms with E-state index in [0.29, 0.717) is 17.6 Å². The van der Waals surface area contributed by atoms with E-state index in [-0.39, 0.29) is 0 Å². The molecule has 0 heterocycles. The highest BCUT2D eigenvalue weighted by Gasteiger charge is 2.41. The van der Waals surface area contributed by atoms with Gasteiger partial charge in [0.2, 0.25) is 0 Å². The molecule has 0 aromatic carbocycles. The van der Waals surface area contributed by atoms with Gasteiger partial charge in [-0.05, 0) is 24.7 Å². The molecule has 0 radical (unpaired) electrons. The molecule has 2 aliphatic carbocycles. The minimum atomic E-state index is 0.470. The fraction of sp³-hybridized carbons (Fsp3) is 0.941. The summed E-state index contributed by atoms with van der Waals surface area (Å²) in [5.74, 6) is 2.46. The van der Waals surface area contributed by atoms with Crippen LogP contribution in [-0.2, 0) is 4.79 Å².